The van der Waals surface area contributed by atoms with Gasteiger partial charge in [0, 0.05) is 28.8 Å². The van der Waals surface area contributed by atoms with Gasteiger partial charge < -0.3 is 15.4 Å². The number of carbonyl (C=O) groups is 1. The van der Waals surface area contributed by atoms with Crippen LogP contribution in [0.15, 0.2) is 54.6 Å². The lowest BCUT2D eigenvalue weighted by molar-refractivity contribution is 0.0601. The summed E-state index contributed by atoms with van der Waals surface area (Å²) >= 11 is 0. The molecule has 0 unspecified atom stereocenters. The van der Waals surface area contributed by atoms with E-state index in [1.807, 2.05) is 36.4 Å². The minimum atomic E-state index is -0.398. The number of methoxy groups -OCH3 is 1. The lowest BCUT2D eigenvalue weighted by Gasteiger charge is -2.11. The minimum absolute atomic E-state index is 0.398. The van der Waals surface area contributed by atoms with Crippen molar-refractivity contribution in [2.24, 2.45) is 0 Å². The monoisotopic (exact) mass is 400 g/mol. The molecule has 1 saturated carbocycles. The van der Waals surface area contributed by atoms with Crippen LogP contribution >= 0.6 is 0 Å². The van der Waals surface area contributed by atoms with E-state index in [1.165, 1.54) is 20.0 Å². The molecule has 0 bridgehead atoms. The zero-order chi connectivity index (χ0) is 20.5. The number of carbonyl (C=O) groups excluding carboxylic acids is 1. The second-order valence-corrected chi connectivity index (χ2v) is 7.22. The summed E-state index contributed by atoms with van der Waals surface area (Å²) in [6, 6.07) is 16.8. The molecule has 0 aliphatic heterocycles. The van der Waals surface area contributed by atoms with Crippen molar-refractivity contribution >= 4 is 40.1 Å². The zero-order valence-electron chi connectivity index (χ0n) is 16.3. The fraction of sp³-hybridized carbons (Fsp3) is 0.182. The third-order valence-corrected chi connectivity index (χ3v) is 5.00. The summed E-state index contributed by atoms with van der Waals surface area (Å²) in [6.07, 6.45) is 2.41. The number of para-hydroxylation sites is 1. The van der Waals surface area contributed by atoms with Gasteiger partial charge in [0.25, 0.3) is 0 Å². The Kier molecular flexibility index (Phi) is 4.51. The number of ether oxygens (including phenoxy) is 1. The molecule has 0 atom stereocenters. The van der Waals surface area contributed by atoms with Gasteiger partial charge in [-0.15, -0.1) is 0 Å². The van der Waals surface area contributed by atoms with Gasteiger partial charge >= 0.3 is 5.97 Å². The van der Waals surface area contributed by atoms with Gasteiger partial charge in [-0.1, -0.05) is 18.2 Å². The quantitative estimate of drug-likeness (QED) is 0.409. The molecule has 150 valence electrons. The predicted octanol–water partition coefficient (Wildman–Crippen LogP) is 4.50. The van der Waals surface area contributed by atoms with E-state index in [0.29, 0.717) is 28.9 Å². The number of benzene rings is 2. The first-order chi connectivity index (χ1) is 14.7. The van der Waals surface area contributed by atoms with Crippen molar-refractivity contribution in [3.63, 3.8) is 0 Å². The van der Waals surface area contributed by atoms with Gasteiger partial charge in [-0.3, -0.25) is 5.10 Å². The van der Waals surface area contributed by atoms with Gasteiger partial charge in [0.1, 0.15) is 5.82 Å². The molecule has 5 rings (SSSR count). The number of rotatable bonds is 6. The number of esters is 1. The average Bonchev–Trinajstić information content (AvgIpc) is 3.52. The van der Waals surface area contributed by atoms with Crippen LogP contribution in [0.25, 0.3) is 10.9 Å². The minimum Gasteiger partial charge on any atom is -0.465 e. The molecule has 2 aromatic carbocycles. The van der Waals surface area contributed by atoms with E-state index in [2.05, 4.69) is 30.8 Å². The number of H-pyrrole nitrogens is 1. The zero-order valence-corrected chi connectivity index (χ0v) is 16.3. The summed E-state index contributed by atoms with van der Waals surface area (Å²) in [5.41, 5.74) is 3.08. The van der Waals surface area contributed by atoms with Gasteiger partial charge in [0.2, 0.25) is 5.95 Å². The van der Waals surface area contributed by atoms with Crippen molar-refractivity contribution in [2.75, 3.05) is 17.7 Å². The lowest BCUT2D eigenvalue weighted by atomic mass is 10.2. The highest BCUT2D eigenvalue weighted by atomic mass is 16.5. The molecule has 4 aromatic rings. The highest BCUT2D eigenvalue weighted by Gasteiger charge is 2.25. The molecule has 0 spiro atoms. The topological polar surface area (TPSA) is 105 Å². The Hall–Kier alpha value is -3.94. The molecular formula is C22H20N6O2. The molecule has 2 heterocycles. The van der Waals surface area contributed by atoms with E-state index >= 15 is 0 Å². The van der Waals surface area contributed by atoms with Gasteiger partial charge in [-0.05, 0) is 43.2 Å². The number of hydrogen-bond acceptors (Lipinski definition) is 7. The third-order valence-electron chi connectivity index (χ3n) is 5.00. The van der Waals surface area contributed by atoms with Crippen molar-refractivity contribution in [1.82, 2.24) is 20.2 Å². The third kappa shape index (κ3) is 3.67. The normalized spacial score (nSPS) is 13.2. The fourth-order valence-electron chi connectivity index (χ4n) is 3.32. The summed E-state index contributed by atoms with van der Waals surface area (Å²) in [5, 5.41) is 14.8. The van der Waals surface area contributed by atoms with E-state index in [-0.39, 0.29) is 0 Å². The second-order valence-electron chi connectivity index (χ2n) is 7.22. The standard InChI is InChI=1S/C22H20N6O2/c1-30-21(29)14-5-4-6-15(11-14)23-22-24-17-8-3-2-7-16(17)20(26-22)25-19-12-18(27-28-19)13-9-10-13/h2-8,11-13H,9-10H2,1H3,(H3,23,24,25,26,27,28). The number of hydrogen-bond donors (Lipinski definition) is 3. The van der Waals surface area contributed by atoms with E-state index < -0.39 is 5.97 Å². The van der Waals surface area contributed by atoms with Crippen molar-refractivity contribution in [3.05, 3.63) is 65.9 Å². The Balaban J connectivity index is 1.47. The summed E-state index contributed by atoms with van der Waals surface area (Å²) < 4.78 is 4.79. The van der Waals surface area contributed by atoms with Crippen LogP contribution in [-0.4, -0.2) is 33.2 Å². The van der Waals surface area contributed by atoms with Crippen molar-refractivity contribution in [2.45, 2.75) is 18.8 Å². The molecule has 0 amide bonds. The van der Waals surface area contributed by atoms with Crippen LogP contribution in [0.3, 0.4) is 0 Å². The summed E-state index contributed by atoms with van der Waals surface area (Å²) in [5.74, 6) is 1.98. The molecule has 1 fully saturated rings. The van der Waals surface area contributed by atoms with E-state index in [9.17, 15) is 4.79 Å². The van der Waals surface area contributed by atoms with Gasteiger partial charge in [0.15, 0.2) is 5.82 Å². The van der Waals surface area contributed by atoms with Gasteiger partial charge in [0.05, 0.1) is 18.2 Å². The summed E-state index contributed by atoms with van der Waals surface area (Å²) in [6.45, 7) is 0. The second kappa shape index (κ2) is 7.47. The maximum Gasteiger partial charge on any atom is 0.337 e. The van der Waals surface area contributed by atoms with Crippen molar-refractivity contribution < 1.29 is 9.53 Å². The molecule has 8 heteroatoms. The van der Waals surface area contributed by atoms with Gasteiger partial charge in [-0.2, -0.15) is 10.1 Å². The molecule has 1 aliphatic rings. The highest BCUT2D eigenvalue weighted by Crippen LogP contribution is 2.39. The van der Waals surface area contributed by atoms with Crippen molar-refractivity contribution in [3.8, 4) is 0 Å². The van der Waals surface area contributed by atoms with Crippen LogP contribution in [0.2, 0.25) is 0 Å². The summed E-state index contributed by atoms with van der Waals surface area (Å²) in [4.78, 5) is 21.1. The number of aromatic nitrogens is 4. The number of anilines is 4. The van der Waals surface area contributed by atoms with E-state index in [1.54, 1.807) is 18.2 Å². The largest absolute Gasteiger partial charge is 0.465 e. The Morgan fingerprint density at radius 2 is 1.93 bits per heavy atom. The van der Waals surface area contributed by atoms with Crippen LogP contribution in [0.5, 0.6) is 0 Å². The Morgan fingerprint density at radius 1 is 1.07 bits per heavy atom. The smallest absolute Gasteiger partial charge is 0.337 e. The van der Waals surface area contributed by atoms with E-state index in [0.717, 1.165) is 22.4 Å². The number of fused-ring (bicyclic) bond motifs is 1. The Labute approximate surface area is 172 Å². The maximum absolute atomic E-state index is 11.8. The molecular weight excluding hydrogens is 380 g/mol. The first-order valence-electron chi connectivity index (χ1n) is 9.74. The fourth-order valence-corrected chi connectivity index (χ4v) is 3.32. The molecule has 8 nitrogen and oxygen atoms in total. The molecule has 3 N–H and O–H groups in total. The molecule has 0 saturated heterocycles. The molecule has 2 aromatic heterocycles. The van der Waals surface area contributed by atoms with Crippen LogP contribution in [0.1, 0.15) is 34.8 Å². The highest BCUT2D eigenvalue weighted by molar-refractivity contribution is 5.92. The lowest BCUT2D eigenvalue weighted by Crippen LogP contribution is -2.04. The summed E-state index contributed by atoms with van der Waals surface area (Å²) in [7, 11) is 1.36. The maximum atomic E-state index is 11.8. The van der Waals surface area contributed by atoms with Gasteiger partial charge in [-0.25, -0.2) is 9.78 Å². The molecule has 30 heavy (non-hydrogen) atoms. The van der Waals surface area contributed by atoms with E-state index in [4.69, 9.17) is 4.74 Å². The first-order valence-corrected chi connectivity index (χ1v) is 9.74. The van der Waals surface area contributed by atoms with Crippen LogP contribution in [-0.2, 0) is 4.74 Å². The number of aromatic amines is 1. The SMILES string of the molecule is COC(=O)c1cccc(Nc2nc(Nc3cc(C4CC4)[nH]n3)c3ccccc3n2)c1. The van der Waals surface area contributed by atoms with Crippen molar-refractivity contribution in [1.29, 1.82) is 0 Å². The van der Waals surface area contributed by atoms with Crippen LogP contribution < -0.4 is 10.6 Å². The number of nitrogens with one attached hydrogen (secondary N) is 3. The Bertz CT molecular complexity index is 1230. The van der Waals surface area contributed by atoms with Crippen LogP contribution in [0.4, 0.5) is 23.3 Å². The number of nitrogens with zero attached hydrogens (tertiary/aromatic N) is 3. The first kappa shape index (κ1) is 18.1. The Morgan fingerprint density at radius 3 is 2.77 bits per heavy atom. The average molecular weight is 400 g/mol. The van der Waals surface area contributed by atoms with Crippen LogP contribution in [0, 0.1) is 0 Å². The predicted molar refractivity (Wildman–Crippen MR) is 114 cm³/mol. The molecule has 1 aliphatic carbocycles. The molecule has 0 radical (unpaired) electrons.